The van der Waals surface area contributed by atoms with Crippen molar-refractivity contribution in [1.29, 1.82) is 0 Å². The molecule has 1 fully saturated rings. The zero-order chi connectivity index (χ0) is 22.3. The fourth-order valence-electron chi connectivity index (χ4n) is 4.17. The van der Waals surface area contributed by atoms with E-state index in [2.05, 4.69) is 15.6 Å². The molecule has 0 radical (unpaired) electrons. The monoisotopic (exact) mass is 436 g/mol. The number of pyridine rings is 1. The van der Waals surface area contributed by atoms with E-state index in [1.807, 2.05) is 0 Å². The molecule has 2 N–H and O–H groups in total. The van der Waals surface area contributed by atoms with Gasteiger partial charge in [0.15, 0.2) is 11.6 Å². The molecule has 0 spiro atoms. The lowest BCUT2D eigenvalue weighted by molar-refractivity contribution is -0.124. The fourth-order valence-corrected chi connectivity index (χ4v) is 4.17. The van der Waals surface area contributed by atoms with Crippen LogP contribution in [0.2, 0.25) is 0 Å². The molecule has 1 aromatic carbocycles. The Labute approximate surface area is 187 Å². The number of para-hydroxylation sites is 2. The predicted molar refractivity (Wildman–Crippen MR) is 122 cm³/mol. The van der Waals surface area contributed by atoms with Crippen LogP contribution < -0.4 is 20.3 Å². The van der Waals surface area contributed by atoms with Crippen molar-refractivity contribution in [2.75, 3.05) is 28.7 Å². The van der Waals surface area contributed by atoms with E-state index in [9.17, 15) is 14.4 Å². The van der Waals surface area contributed by atoms with Crippen LogP contribution in [0.5, 0.6) is 5.75 Å². The van der Waals surface area contributed by atoms with Crippen molar-refractivity contribution in [3.8, 4) is 5.75 Å². The third-order valence-electron chi connectivity index (χ3n) is 5.87. The maximum Gasteiger partial charge on any atom is 0.244 e. The SMILES string of the molecule is O=C1CN(C(=O)CCC(=O)Nc2ncccc2OCC2CCCCC2)c2ccccc2N1. The van der Waals surface area contributed by atoms with Gasteiger partial charge in [-0.15, -0.1) is 0 Å². The highest BCUT2D eigenvalue weighted by atomic mass is 16.5. The second-order valence-electron chi connectivity index (χ2n) is 8.26. The largest absolute Gasteiger partial charge is 0.489 e. The summed E-state index contributed by atoms with van der Waals surface area (Å²) >= 11 is 0. The molecule has 1 aliphatic carbocycles. The lowest BCUT2D eigenvalue weighted by atomic mass is 9.90. The lowest BCUT2D eigenvalue weighted by Crippen LogP contribution is -2.42. The summed E-state index contributed by atoms with van der Waals surface area (Å²) in [5, 5.41) is 5.51. The van der Waals surface area contributed by atoms with Crippen LogP contribution in [0.25, 0.3) is 0 Å². The number of benzene rings is 1. The third-order valence-corrected chi connectivity index (χ3v) is 5.87. The molecular weight excluding hydrogens is 408 g/mol. The van der Waals surface area contributed by atoms with Crippen LogP contribution >= 0.6 is 0 Å². The van der Waals surface area contributed by atoms with E-state index in [0.29, 0.717) is 35.5 Å². The van der Waals surface area contributed by atoms with Crippen molar-refractivity contribution in [1.82, 2.24) is 4.98 Å². The summed E-state index contributed by atoms with van der Waals surface area (Å²) in [5.74, 6) is 0.582. The van der Waals surface area contributed by atoms with E-state index in [-0.39, 0.29) is 37.1 Å². The summed E-state index contributed by atoms with van der Waals surface area (Å²) in [4.78, 5) is 42.8. The zero-order valence-electron chi connectivity index (χ0n) is 18.0. The first-order chi connectivity index (χ1) is 15.6. The molecule has 0 unspecified atom stereocenters. The van der Waals surface area contributed by atoms with Crippen LogP contribution in [0.3, 0.4) is 0 Å². The van der Waals surface area contributed by atoms with Gasteiger partial charge in [-0.25, -0.2) is 4.98 Å². The standard InChI is InChI=1S/C24H28N4O4/c29-21(12-13-23(31)28-15-22(30)26-18-9-4-5-10-19(18)28)27-24-20(11-6-14-25-24)32-16-17-7-2-1-3-8-17/h4-6,9-11,14,17H,1-3,7-8,12-13,15-16H2,(H,26,30)(H,25,27,29). The van der Waals surface area contributed by atoms with Gasteiger partial charge in [0.05, 0.1) is 18.0 Å². The minimum Gasteiger partial charge on any atom is -0.489 e. The quantitative estimate of drug-likeness (QED) is 0.689. The zero-order valence-corrected chi connectivity index (χ0v) is 18.0. The van der Waals surface area contributed by atoms with E-state index in [1.54, 1.807) is 42.6 Å². The number of nitrogens with one attached hydrogen (secondary N) is 2. The van der Waals surface area contributed by atoms with Gasteiger partial charge in [-0.3, -0.25) is 14.4 Å². The molecule has 0 saturated heterocycles. The van der Waals surface area contributed by atoms with E-state index in [4.69, 9.17) is 4.74 Å². The maximum atomic E-state index is 12.7. The number of aromatic nitrogens is 1. The molecule has 2 aliphatic rings. The number of hydrogen-bond acceptors (Lipinski definition) is 5. The molecule has 4 rings (SSSR count). The van der Waals surface area contributed by atoms with Gasteiger partial charge >= 0.3 is 0 Å². The average Bonchev–Trinajstić information content (AvgIpc) is 2.82. The molecular formula is C24H28N4O4. The summed E-state index contributed by atoms with van der Waals surface area (Å²) in [6.45, 7) is 0.556. The van der Waals surface area contributed by atoms with E-state index in [1.165, 1.54) is 37.0 Å². The summed E-state index contributed by atoms with van der Waals surface area (Å²) in [6, 6.07) is 10.7. The number of ether oxygens (including phenoxy) is 1. The van der Waals surface area contributed by atoms with Crippen LogP contribution in [0.15, 0.2) is 42.6 Å². The van der Waals surface area contributed by atoms with Crippen molar-refractivity contribution in [2.45, 2.75) is 44.9 Å². The van der Waals surface area contributed by atoms with Crippen LogP contribution in [-0.2, 0) is 14.4 Å². The summed E-state index contributed by atoms with van der Waals surface area (Å²) < 4.78 is 5.95. The number of nitrogens with zero attached hydrogens (tertiary/aromatic N) is 2. The van der Waals surface area contributed by atoms with Crippen molar-refractivity contribution >= 4 is 34.9 Å². The molecule has 2 heterocycles. The number of carbonyl (C=O) groups excluding carboxylic acids is 3. The number of anilines is 3. The van der Waals surface area contributed by atoms with Crippen molar-refractivity contribution in [2.24, 2.45) is 5.92 Å². The summed E-state index contributed by atoms with van der Waals surface area (Å²) in [5.41, 5.74) is 1.23. The molecule has 168 valence electrons. The van der Waals surface area contributed by atoms with Crippen LogP contribution in [-0.4, -0.2) is 35.9 Å². The van der Waals surface area contributed by atoms with Gasteiger partial charge < -0.3 is 20.3 Å². The Morgan fingerprint density at radius 1 is 1.09 bits per heavy atom. The molecule has 0 atom stereocenters. The topological polar surface area (TPSA) is 101 Å². The molecule has 1 aromatic heterocycles. The van der Waals surface area contributed by atoms with Gasteiger partial charge in [-0.05, 0) is 43.0 Å². The average molecular weight is 437 g/mol. The van der Waals surface area contributed by atoms with Crippen LogP contribution in [0.1, 0.15) is 44.9 Å². The molecule has 2 aromatic rings. The highest BCUT2D eigenvalue weighted by molar-refractivity contribution is 6.10. The van der Waals surface area contributed by atoms with Gasteiger partial charge in [0, 0.05) is 19.0 Å². The first kappa shape index (κ1) is 21.8. The lowest BCUT2D eigenvalue weighted by Gasteiger charge is -2.29. The van der Waals surface area contributed by atoms with Gasteiger partial charge in [-0.1, -0.05) is 31.4 Å². The van der Waals surface area contributed by atoms with Crippen molar-refractivity contribution in [3.63, 3.8) is 0 Å². The highest BCUT2D eigenvalue weighted by Gasteiger charge is 2.26. The van der Waals surface area contributed by atoms with E-state index in [0.717, 1.165) is 0 Å². The Morgan fingerprint density at radius 2 is 1.91 bits per heavy atom. The Hall–Kier alpha value is -3.42. The Morgan fingerprint density at radius 3 is 2.75 bits per heavy atom. The smallest absolute Gasteiger partial charge is 0.244 e. The van der Waals surface area contributed by atoms with Gasteiger partial charge in [-0.2, -0.15) is 0 Å². The van der Waals surface area contributed by atoms with Crippen LogP contribution in [0, 0.1) is 5.92 Å². The van der Waals surface area contributed by atoms with Crippen molar-refractivity contribution in [3.05, 3.63) is 42.6 Å². The summed E-state index contributed by atoms with van der Waals surface area (Å²) in [6.07, 6.45) is 7.66. The number of hydrogen-bond donors (Lipinski definition) is 2. The van der Waals surface area contributed by atoms with Crippen LogP contribution in [0.4, 0.5) is 17.2 Å². The highest BCUT2D eigenvalue weighted by Crippen LogP contribution is 2.30. The third kappa shape index (κ3) is 5.43. The Balaban J connectivity index is 1.32. The molecule has 32 heavy (non-hydrogen) atoms. The van der Waals surface area contributed by atoms with Gasteiger partial charge in [0.2, 0.25) is 17.7 Å². The molecule has 3 amide bonds. The minimum absolute atomic E-state index is 0.0153. The van der Waals surface area contributed by atoms with E-state index >= 15 is 0 Å². The second kappa shape index (κ2) is 10.3. The molecule has 0 bridgehead atoms. The number of amides is 3. The Kier molecular flexibility index (Phi) is 6.99. The summed E-state index contributed by atoms with van der Waals surface area (Å²) in [7, 11) is 0. The molecule has 1 aliphatic heterocycles. The molecule has 1 saturated carbocycles. The predicted octanol–water partition coefficient (Wildman–Crippen LogP) is 3.74. The first-order valence-electron chi connectivity index (χ1n) is 11.2. The molecule has 8 heteroatoms. The van der Waals surface area contributed by atoms with Gasteiger partial charge in [0.25, 0.3) is 0 Å². The minimum atomic E-state index is -0.325. The van der Waals surface area contributed by atoms with Gasteiger partial charge in [0.1, 0.15) is 6.54 Å². The number of carbonyl (C=O) groups is 3. The normalized spacial score (nSPS) is 16.1. The maximum absolute atomic E-state index is 12.7. The molecule has 8 nitrogen and oxygen atoms in total. The fraction of sp³-hybridized carbons (Fsp3) is 0.417. The first-order valence-corrected chi connectivity index (χ1v) is 11.2. The Bertz CT molecular complexity index is 987. The number of rotatable bonds is 7. The van der Waals surface area contributed by atoms with Crippen molar-refractivity contribution < 1.29 is 19.1 Å². The number of fused-ring (bicyclic) bond motifs is 1. The second-order valence-corrected chi connectivity index (χ2v) is 8.26. The van der Waals surface area contributed by atoms with E-state index < -0.39 is 0 Å².